The van der Waals surface area contributed by atoms with Crippen LogP contribution < -0.4 is 5.01 Å². The summed E-state index contributed by atoms with van der Waals surface area (Å²) in [5.41, 5.74) is 1.00. The Labute approximate surface area is 95.1 Å². The number of anilines is 1. The Morgan fingerprint density at radius 3 is 2.69 bits per heavy atom. The Bertz CT molecular complexity index is 353. The van der Waals surface area contributed by atoms with E-state index in [1.807, 2.05) is 35.3 Å². The van der Waals surface area contributed by atoms with Gasteiger partial charge in [0, 0.05) is 13.0 Å². The molecule has 0 unspecified atom stereocenters. The van der Waals surface area contributed by atoms with Gasteiger partial charge in [0.15, 0.2) is 0 Å². The van der Waals surface area contributed by atoms with Gasteiger partial charge in [-0.1, -0.05) is 18.2 Å². The Morgan fingerprint density at radius 1 is 1.25 bits per heavy atom. The van der Waals surface area contributed by atoms with E-state index in [0.29, 0.717) is 13.0 Å². The molecule has 4 heteroatoms. The fraction of sp³-hybridized carbons (Fsp3) is 0.417. The van der Waals surface area contributed by atoms with E-state index in [9.17, 15) is 4.79 Å². The summed E-state index contributed by atoms with van der Waals surface area (Å²) in [7, 11) is 0. The van der Waals surface area contributed by atoms with Crippen molar-refractivity contribution in [1.29, 1.82) is 0 Å². The molecule has 0 radical (unpaired) electrons. The predicted molar refractivity (Wildman–Crippen MR) is 61.8 cm³/mol. The minimum absolute atomic E-state index is 0.00489. The molecular weight excluding hydrogens is 204 g/mol. The highest BCUT2D eigenvalue weighted by atomic mass is 16.3. The van der Waals surface area contributed by atoms with Crippen LogP contribution in [0, 0.1) is 0 Å². The fourth-order valence-corrected chi connectivity index (χ4v) is 1.97. The fourth-order valence-electron chi connectivity index (χ4n) is 1.97. The number of hydrogen-bond donors (Lipinski definition) is 1. The molecule has 1 heterocycles. The number of para-hydroxylation sites is 1. The van der Waals surface area contributed by atoms with Crippen LogP contribution in [0.15, 0.2) is 30.3 Å². The summed E-state index contributed by atoms with van der Waals surface area (Å²) in [4.78, 5) is 11.7. The van der Waals surface area contributed by atoms with Crippen LogP contribution in [0.5, 0.6) is 0 Å². The number of β-amino-alcohol motifs (C(OH)–C–C–N with tert-alkyl or cyclic N) is 1. The zero-order valence-corrected chi connectivity index (χ0v) is 9.17. The number of aliphatic hydroxyl groups excluding tert-OH is 1. The Balaban J connectivity index is 2.20. The van der Waals surface area contributed by atoms with Crippen molar-refractivity contribution >= 4 is 11.6 Å². The molecule has 1 saturated heterocycles. The number of hydrogen-bond acceptors (Lipinski definition) is 3. The third kappa shape index (κ3) is 2.17. The van der Waals surface area contributed by atoms with Gasteiger partial charge >= 0.3 is 0 Å². The summed E-state index contributed by atoms with van der Waals surface area (Å²) in [6.07, 6.45) is 1.44. The summed E-state index contributed by atoms with van der Waals surface area (Å²) in [6, 6.07) is 9.80. The number of hydrazine groups is 1. The number of nitrogens with zero attached hydrogens (tertiary/aromatic N) is 2. The molecule has 16 heavy (non-hydrogen) atoms. The van der Waals surface area contributed by atoms with Crippen LogP contribution in [-0.2, 0) is 4.79 Å². The van der Waals surface area contributed by atoms with Crippen molar-refractivity contribution in [2.45, 2.75) is 12.8 Å². The Kier molecular flexibility index (Phi) is 3.41. The smallest absolute Gasteiger partial charge is 0.241 e. The maximum absolute atomic E-state index is 11.7. The van der Waals surface area contributed by atoms with Gasteiger partial charge in [-0.2, -0.15) is 0 Å². The van der Waals surface area contributed by atoms with Crippen molar-refractivity contribution in [3.8, 4) is 0 Å². The summed E-state index contributed by atoms with van der Waals surface area (Å²) < 4.78 is 0. The molecule has 0 aromatic heterocycles. The van der Waals surface area contributed by atoms with Crippen LogP contribution in [0.3, 0.4) is 0 Å². The van der Waals surface area contributed by atoms with E-state index in [1.165, 1.54) is 0 Å². The van der Waals surface area contributed by atoms with Gasteiger partial charge in [0.05, 0.1) is 18.8 Å². The second kappa shape index (κ2) is 4.99. The minimum Gasteiger partial charge on any atom is -0.394 e. The molecule has 1 aromatic rings. The summed E-state index contributed by atoms with van der Waals surface area (Å²) in [5, 5.41) is 12.6. The van der Waals surface area contributed by atoms with E-state index in [4.69, 9.17) is 5.11 Å². The maximum Gasteiger partial charge on any atom is 0.241 e. The van der Waals surface area contributed by atoms with Crippen molar-refractivity contribution < 1.29 is 9.90 Å². The van der Waals surface area contributed by atoms with E-state index >= 15 is 0 Å². The van der Waals surface area contributed by atoms with Crippen LogP contribution in [0.1, 0.15) is 12.8 Å². The zero-order valence-electron chi connectivity index (χ0n) is 9.17. The number of benzene rings is 1. The zero-order chi connectivity index (χ0) is 11.4. The topological polar surface area (TPSA) is 43.8 Å². The van der Waals surface area contributed by atoms with Gasteiger partial charge in [0.25, 0.3) is 0 Å². The van der Waals surface area contributed by atoms with Gasteiger partial charge in [-0.15, -0.1) is 0 Å². The highest BCUT2D eigenvalue weighted by Crippen LogP contribution is 2.21. The first-order valence-electron chi connectivity index (χ1n) is 5.56. The first-order chi connectivity index (χ1) is 7.83. The molecule has 2 rings (SSSR count). The molecule has 1 aliphatic heterocycles. The molecule has 1 amide bonds. The van der Waals surface area contributed by atoms with E-state index in [2.05, 4.69) is 0 Å². The van der Waals surface area contributed by atoms with E-state index in [0.717, 1.165) is 18.7 Å². The Hall–Kier alpha value is -1.55. The average molecular weight is 220 g/mol. The summed E-state index contributed by atoms with van der Waals surface area (Å²) in [6.45, 7) is 1.19. The van der Waals surface area contributed by atoms with E-state index in [1.54, 1.807) is 5.01 Å². The van der Waals surface area contributed by atoms with Crippen LogP contribution >= 0.6 is 0 Å². The number of aliphatic hydroxyl groups is 1. The lowest BCUT2D eigenvalue weighted by atomic mass is 10.2. The number of carbonyl (C=O) groups is 1. The molecule has 1 aromatic carbocycles. The van der Waals surface area contributed by atoms with E-state index < -0.39 is 0 Å². The quantitative estimate of drug-likeness (QED) is 0.827. The van der Waals surface area contributed by atoms with Gasteiger partial charge in [0.2, 0.25) is 5.91 Å². The van der Waals surface area contributed by atoms with Crippen LogP contribution in [0.4, 0.5) is 5.69 Å². The molecule has 0 bridgehead atoms. The van der Waals surface area contributed by atoms with Gasteiger partial charge in [-0.25, -0.2) is 0 Å². The molecule has 1 N–H and O–H groups in total. The molecular formula is C12H16N2O2. The SMILES string of the molecule is O=C1CCCN(c2ccccc2)N1CCO. The number of rotatable bonds is 3. The normalized spacial score (nSPS) is 16.7. The predicted octanol–water partition coefficient (Wildman–Crippen LogP) is 1.02. The first kappa shape index (κ1) is 11.0. The van der Waals surface area contributed by atoms with Crippen molar-refractivity contribution in [3.63, 3.8) is 0 Å². The largest absolute Gasteiger partial charge is 0.394 e. The molecule has 0 spiro atoms. The molecule has 1 fully saturated rings. The monoisotopic (exact) mass is 220 g/mol. The van der Waals surface area contributed by atoms with Gasteiger partial charge in [-0.05, 0) is 18.6 Å². The van der Waals surface area contributed by atoms with Crippen molar-refractivity contribution in [1.82, 2.24) is 5.01 Å². The van der Waals surface area contributed by atoms with E-state index in [-0.39, 0.29) is 12.5 Å². The molecule has 0 atom stereocenters. The minimum atomic E-state index is -0.00489. The van der Waals surface area contributed by atoms with Crippen LogP contribution in [0.2, 0.25) is 0 Å². The first-order valence-corrected chi connectivity index (χ1v) is 5.56. The third-order valence-corrected chi connectivity index (χ3v) is 2.71. The van der Waals surface area contributed by atoms with Gasteiger partial charge in [-0.3, -0.25) is 14.8 Å². The second-order valence-electron chi connectivity index (χ2n) is 3.80. The van der Waals surface area contributed by atoms with Crippen LogP contribution in [0.25, 0.3) is 0 Å². The molecule has 1 aliphatic rings. The maximum atomic E-state index is 11.7. The second-order valence-corrected chi connectivity index (χ2v) is 3.80. The van der Waals surface area contributed by atoms with Crippen LogP contribution in [-0.4, -0.2) is 35.7 Å². The van der Waals surface area contributed by atoms with Gasteiger partial charge in [0.1, 0.15) is 0 Å². The Morgan fingerprint density at radius 2 is 2.00 bits per heavy atom. The average Bonchev–Trinajstić information content (AvgIpc) is 2.33. The summed E-state index contributed by atoms with van der Waals surface area (Å²) >= 11 is 0. The lowest BCUT2D eigenvalue weighted by Crippen LogP contribution is -2.51. The lowest BCUT2D eigenvalue weighted by molar-refractivity contribution is -0.134. The lowest BCUT2D eigenvalue weighted by Gasteiger charge is -2.39. The van der Waals surface area contributed by atoms with Gasteiger partial charge < -0.3 is 5.11 Å². The highest BCUT2D eigenvalue weighted by molar-refractivity contribution is 5.79. The van der Waals surface area contributed by atoms with Crippen molar-refractivity contribution in [3.05, 3.63) is 30.3 Å². The van der Waals surface area contributed by atoms with Crippen molar-refractivity contribution in [2.75, 3.05) is 24.7 Å². The molecule has 0 aliphatic carbocycles. The van der Waals surface area contributed by atoms with Crippen molar-refractivity contribution in [2.24, 2.45) is 0 Å². The molecule has 86 valence electrons. The number of carbonyl (C=O) groups excluding carboxylic acids is 1. The molecule has 0 saturated carbocycles. The standard InChI is InChI=1S/C12H16N2O2/c15-10-9-14-12(16)7-4-8-13(14)11-5-2-1-3-6-11/h1-3,5-6,15H,4,7-10H2. The number of amides is 1. The highest BCUT2D eigenvalue weighted by Gasteiger charge is 2.25. The summed E-state index contributed by atoms with van der Waals surface area (Å²) in [5.74, 6) is 0.0872. The third-order valence-electron chi connectivity index (χ3n) is 2.71. The molecule has 4 nitrogen and oxygen atoms in total.